The predicted molar refractivity (Wildman–Crippen MR) is 77.3 cm³/mol. The van der Waals surface area contributed by atoms with Crippen molar-refractivity contribution in [2.75, 3.05) is 7.11 Å². The Balaban J connectivity index is 1.96. The lowest BCUT2D eigenvalue weighted by Gasteiger charge is -2.13. The molecular weight excluding hydrogens is 242 g/mol. The minimum Gasteiger partial charge on any atom is -0.496 e. The number of nitrogens with one attached hydrogen (secondary N) is 1. The van der Waals surface area contributed by atoms with Crippen LogP contribution in [0.3, 0.4) is 0 Å². The standard InChI is InChI=1S/C15H19NOS/c1-11-9-13(6-7-14(11)17-3)10-16-12(2)15-5-4-8-18-15/h4-9,12,16H,10H2,1-3H3/t12-/m0/s1. The van der Waals surface area contributed by atoms with Gasteiger partial charge in [-0.3, -0.25) is 0 Å². The van der Waals surface area contributed by atoms with Crippen LogP contribution in [-0.2, 0) is 6.54 Å². The minimum absolute atomic E-state index is 0.396. The fourth-order valence-electron chi connectivity index (χ4n) is 1.96. The summed E-state index contributed by atoms with van der Waals surface area (Å²) in [5, 5.41) is 5.65. The number of ether oxygens (including phenoxy) is 1. The van der Waals surface area contributed by atoms with E-state index in [1.807, 2.05) is 6.07 Å². The Morgan fingerprint density at radius 2 is 2.17 bits per heavy atom. The molecule has 3 heteroatoms. The fraction of sp³-hybridized carbons (Fsp3) is 0.333. The number of hydrogen-bond acceptors (Lipinski definition) is 3. The van der Waals surface area contributed by atoms with Crippen LogP contribution >= 0.6 is 11.3 Å². The van der Waals surface area contributed by atoms with Gasteiger partial charge in [0.25, 0.3) is 0 Å². The first kappa shape index (κ1) is 13.1. The van der Waals surface area contributed by atoms with Gasteiger partial charge in [0.2, 0.25) is 0 Å². The second kappa shape index (κ2) is 6.03. The Morgan fingerprint density at radius 1 is 1.33 bits per heavy atom. The summed E-state index contributed by atoms with van der Waals surface area (Å²) >= 11 is 1.79. The van der Waals surface area contributed by atoms with E-state index in [2.05, 4.69) is 48.8 Å². The van der Waals surface area contributed by atoms with Crippen LogP contribution in [0.15, 0.2) is 35.7 Å². The number of rotatable bonds is 5. The van der Waals surface area contributed by atoms with Gasteiger partial charge in [-0.05, 0) is 42.5 Å². The molecule has 0 fully saturated rings. The maximum absolute atomic E-state index is 5.27. The second-order valence-electron chi connectivity index (χ2n) is 4.42. The van der Waals surface area contributed by atoms with Crippen molar-refractivity contribution in [1.82, 2.24) is 5.32 Å². The van der Waals surface area contributed by atoms with Crippen LogP contribution < -0.4 is 10.1 Å². The number of thiophene rings is 1. The molecule has 0 aliphatic carbocycles. The molecule has 96 valence electrons. The van der Waals surface area contributed by atoms with Gasteiger partial charge < -0.3 is 10.1 Å². The van der Waals surface area contributed by atoms with E-state index in [0.717, 1.165) is 12.3 Å². The highest BCUT2D eigenvalue weighted by molar-refractivity contribution is 7.10. The van der Waals surface area contributed by atoms with Gasteiger partial charge in [0.1, 0.15) is 5.75 Å². The molecule has 1 atom stereocenters. The van der Waals surface area contributed by atoms with Crippen molar-refractivity contribution in [2.24, 2.45) is 0 Å². The van der Waals surface area contributed by atoms with Crippen molar-refractivity contribution in [3.63, 3.8) is 0 Å². The molecule has 0 aliphatic heterocycles. The molecule has 0 spiro atoms. The second-order valence-corrected chi connectivity index (χ2v) is 5.40. The third kappa shape index (κ3) is 3.12. The monoisotopic (exact) mass is 261 g/mol. The Hall–Kier alpha value is -1.32. The van der Waals surface area contributed by atoms with Crippen molar-refractivity contribution in [3.05, 3.63) is 51.7 Å². The highest BCUT2D eigenvalue weighted by Crippen LogP contribution is 2.21. The highest BCUT2D eigenvalue weighted by atomic mass is 32.1. The molecule has 1 heterocycles. The molecule has 2 aromatic rings. The summed E-state index contributed by atoms with van der Waals surface area (Å²) in [6.07, 6.45) is 0. The molecule has 0 radical (unpaired) electrons. The van der Waals surface area contributed by atoms with Crippen LogP contribution in [0.5, 0.6) is 5.75 Å². The summed E-state index contributed by atoms with van der Waals surface area (Å²) in [7, 11) is 1.71. The zero-order valence-corrected chi connectivity index (χ0v) is 11.9. The zero-order chi connectivity index (χ0) is 13.0. The number of hydrogen-bond donors (Lipinski definition) is 1. The van der Waals surface area contributed by atoms with E-state index in [9.17, 15) is 0 Å². The molecule has 2 rings (SSSR count). The topological polar surface area (TPSA) is 21.3 Å². The van der Waals surface area contributed by atoms with Crippen LogP contribution in [0.1, 0.15) is 29.0 Å². The van der Waals surface area contributed by atoms with Gasteiger partial charge >= 0.3 is 0 Å². The Morgan fingerprint density at radius 3 is 2.78 bits per heavy atom. The molecule has 0 amide bonds. The maximum atomic E-state index is 5.27. The number of aryl methyl sites for hydroxylation is 1. The van der Waals surface area contributed by atoms with Crippen molar-refractivity contribution in [3.8, 4) is 5.75 Å². The SMILES string of the molecule is COc1ccc(CN[C@@H](C)c2cccs2)cc1C. The minimum atomic E-state index is 0.396. The molecule has 2 nitrogen and oxygen atoms in total. The molecule has 0 aliphatic rings. The van der Waals surface area contributed by atoms with E-state index in [1.54, 1.807) is 18.4 Å². The lowest BCUT2D eigenvalue weighted by molar-refractivity contribution is 0.411. The van der Waals surface area contributed by atoms with Crippen LogP contribution in [0.2, 0.25) is 0 Å². The van der Waals surface area contributed by atoms with Crippen LogP contribution in [0, 0.1) is 6.92 Å². The first-order valence-electron chi connectivity index (χ1n) is 6.11. The molecule has 18 heavy (non-hydrogen) atoms. The lowest BCUT2D eigenvalue weighted by atomic mass is 10.1. The molecule has 0 saturated carbocycles. The molecule has 0 unspecified atom stereocenters. The largest absolute Gasteiger partial charge is 0.496 e. The Kier molecular flexibility index (Phi) is 4.39. The summed E-state index contributed by atoms with van der Waals surface area (Å²) in [4.78, 5) is 1.38. The Bertz CT molecular complexity index is 493. The van der Waals surface area contributed by atoms with Gasteiger partial charge in [0, 0.05) is 17.5 Å². The third-order valence-corrected chi connectivity index (χ3v) is 4.10. The average molecular weight is 261 g/mol. The van der Waals surface area contributed by atoms with E-state index < -0.39 is 0 Å². The molecule has 0 bridgehead atoms. The first-order valence-corrected chi connectivity index (χ1v) is 6.99. The summed E-state index contributed by atoms with van der Waals surface area (Å²) in [5.74, 6) is 0.949. The molecule has 1 N–H and O–H groups in total. The number of methoxy groups -OCH3 is 1. The van der Waals surface area contributed by atoms with Gasteiger partial charge in [0.15, 0.2) is 0 Å². The quantitative estimate of drug-likeness (QED) is 0.881. The van der Waals surface area contributed by atoms with Gasteiger partial charge in [-0.1, -0.05) is 18.2 Å². The smallest absolute Gasteiger partial charge is 0.121 e. The van der Waals surface area contributed by atoms with E-state index >= 15 is 0 Å². The van der Waals surface area contributed by atoms with Gasteiger partial charge in [-0.2, -0.15) is 0 Å². The zero-order valence-electron chi connectivity index (χ0n) is 11.1. The van der Waals surface area contributed by atoms with Gasteiger partial charge in [-0.15, -0.1) is 11.3 Å². The Labute approximate surface area is 113 Å². The third-order valence-electron chi connectivity index (χ3n) is 3.04. The summed E-state index contributed by atoms with van der Waals surface area (Å²) < 4.78 is 5.27. The fourth-order valence-corrected chi connectivity index (χ4v) is 2.72. The van der Waals surface area contributed by atoms with Gasteiger partial charge in [0.05, 0.1) is 7.11 Å². The van der Waals surface area contributed by atoms with Crippen molar-refractivity contribution < 1.29 is 4.74 Å². The van der Waals surface area contributed by atoms with Crippen LogP contribution in [-0.4, -0.2) is 7.11 Å². The van der Waals surface area contributed by atoms with Crippen molar-refractivity contribution in [2.45, 2.75) is 26.4 Å². The van der Waals surface area contributed by atoms with E-state index in [0.29, 0.717) is 6.04 Å². The maximum Gasteiger partial charge on any atom is 0.121 e. The summed E-state index contributed by atoms with van der Waals surface area (Å²) in [6, 6.07) is 11.0. The van der Waals surface area contributed by atoms with Gasteiger partial charge in [-0.25, -0.2) is 0 Å². The van der Waals surface area contributed by atoms with E-state index in [4.69, 9.17) is 4.74 Å². The average Bonchev–Trinajstić information content (AvgIpc) is 2.90. The summed E-state index contributed by atoms with van der Waals surface area (Å²) in [5.41, 5.74) is 2.47. The molecular formula is C15H19NOS. The molecule has 0 saturated heterocycles. The molecule has 1 aromatic carbocycles. The van der Waals surface area contributed by atoms with Crippen LogP contribution in [0.25, 0.3) is 0 Å². The van der Waals surface area contributed by atoms with Crippen molar-refractivity contribution in [1.29, 1.82) is 0 Å². The predicted octanol–water partition coefficient (Wildman–Crippen LogP) is 3.92. The first-order chi connectivity index (χ1) is 8.70. The normalized spacial score (nSPS) is 12.4. The highest BCUT2D eigenvalue weighted by Gasteiger charge is 2.06. The van der Waals surface area contributed by atoms with E-state index in [-0.39, 0.29) is 0 Å². The number of benzene rings is 1. The van der Waals surface area contributed by atoms with E-state index in [1.165, 1.54) is 16.0 Å². The lowest BCUT2D eigenvalue weighted by Crippen LogP contribution is -2.17. The van der Waals surface area contributed by atoms with Crippen LogP contribution in [0.4, 0.5) is 0 Å². The summed E-state index contributed by atoms with van der Waals surface area (Å²) in [6.45, 7) is 5.15. The molecule has 1 aromatic heterocycles. The van der Waals surface area contributed by atoms with Crippen molar-refractivity contribution >= 4 is 11.3 Å².